The maximum atomic E-state index is 6.23. The van der Waals surface area contributed by atoms with E-state index in [1.54, 1.807) is 0 Å². The Morgan fingerprint density at radius 2 is 1.14 bits per heavy atom. The van der Waals surface area contributed by atoms with Crippen molar-refractivity contribution in [3.63, 3.8) is 0 Å². The summed E-state index contributed by atoms with van der Waals surface area (Å²) in [6, 6.07) is 0. The zero-order chi connectivity index (χ0) is 20.5. The highest BCUT2D eigenvalue weighted by molar-refractivity contribution is 9.29. The second-order valence-electron chi connectivity index (χ2n) is 6.99. The van der Waals surface area contributed by atoms with Crippen molar-refractivity contribution in [2.75, 3.05) is 25.6 Å². The Hall–Kier alpha value is 1.50. The molecule has 0 spiro atoms. The van der Waals surface area contributed by atoms with Gasteiger partial charge in [-0.1, -0.05) is 64.7 Å². The van der Waals surface area contributed by atoms with Crippen LogP contribution in [0, 0.1) is 0 Å². The molecule has 1 saturated carbocycles. The maximum absolute atomic E-state index is 6.23. The Balaban J connectivity index is 2.71. The summed E-state index contributed by atoms with van der Waals surface area (Å²) in [5.41, 5.74) is 0. The van der Waals surface area contributed by atoms with Crippen LogP contribution in [0.5, 0.6) is 0 Å². The van der Waals surface area contributed by atoms with E-state index in [0.717, 1.165) is 11.0 Å². The van der Waals surface area contributed by atoms with Crippen molar-refractivity contribution in [2.24, 2.45) is 0 Å². The van der Waals surface area contributed by atoms with Crippen molar-refractivity contribution in [1.29, 1.82) is 0 Å². The standard InChI is InChI=1S/C20H43O3S4Si/c1-5-21-28(22-6-2,23-7-3)27(24-8-4)26-25-20-18-16-14-12-10-9-11-13-15-17-19-20/h20H,5-19H2,1-4H3/q+1. The molecule has 1 fully saturated rings. The van der Waals surface area contributed by atoms with Crippen molar-refractivity contribution in [1.82, 2.24) is 0 Å². The van der Waals surface area contributed by atoms with E-state index in [0.29, 0.717) is 19.8 Å². The summed E-state index contributed by atoms with van der Waals surface area (Å²) >= 11 is 0. The molecule has 168 valence electrons. The van der Waals surface area contributed by atoms with Crippen LogP contribution >= 0.6 is 31.4 Å². The third-order valence-electron chi connectivity index (χ3n) is 4.68. The molecule has 0 aromatic carbocycles. The van der Waals surface area contributed by atoms with Gasteiger partial charge >= 0.3 is 7.95 Å². The Morgan fingerprint density at radius 1 is 0.714 bits per heavy atom. The van der Waals surface area contributed by atoms with Gasteiger partial charge in [0.25, 0.3) is 0 Å². The topological polar surface area (TPSA) is 27.7 Å². The SMILES string of the molecule is CCO[Si](OCC)(OCC)[S+](SCC)SSC1CCCCCCCCCCC1. The summed E-state index contributed by atoms with van der Waals surface area (Å²) in [6.07, 6.45) is 15.5. The summed E-state index contributed by atoms with van der Waals surface area (Å²) in [7, 11) is 3.36. The summed E-state index contributed by atoms with van der Waals surface area (Å²) in [6.45, 7) is 10.4. The lowest BCUT2D eigenvalue weighted by Gasteiger charge is -2.24. The first-order valence-electron chi connectivity index (χ1n) is 11.4. The van der Waals surface area contributed by atoms with E-state index in [4.69, 9.17) is 13.3 Å². The van der Waals surface area contributed by atoms with Crippen LogP contribution in [0.3, 0.4) is 0 Å². The van der Waals surface area contributed by atoms with Gasteiger partial charge in [-0.05, 0) is 44.4 Å². The summed E-state index contributed by atoms with van der Waals surface area (Å²) in [5.74, 6) is 1.07. The fraction of sp³-hybridized carbons (Fsp3) is 1.00. The van der Waals surface area contributed by atoms with Crippen LogP contribution in [-0.4, -0.2) is 38.8 Å². The zero-order valence-electron chi connectivity index (χ0n) is 18.5. The molecule has 0 aromatic heterocycles. The Kier molecular flexibility index (Phi) is 17.8. The molecule has 0 aliphatic heterocycles. The summed E-state index contributed by atoms with van der Waals surface area (Å²) < 4.78 is 18.7. The molecular formula is C20H43O3S4Si+. The lowest BCUT2D eigenvalue weighted by atomic mass is 10.0. The molecule has 1 atom stereocenters. The first-order chi connectivity index (χ1) is 13.7. The first-order valence-corrected chi connectivity index (χ1v) is 19.3. The van der Waals surface area contributed by atoms with Crippen LogP contribution in [-0.2, 0) is 21.7 Å². The van der Waals surface area contributed by atoms with E-state index in [9.17, 15) is 0 Å². The van der Waals surface area contributed by atoms with Gasteiger partial charge < -0.3 is 13.3 Å². The van der Waals surface area contributed by atoms with E-state index in [-0.39, 0.29) is 8.41 Å². The van der Waals surface area contributed by atoms with E-state index in [1.807, 2.05) is 20.6 Å². The molecule has 0 bridgehead atoms. The molecule has 0 heterocycles. The second kappa shape index (κ2) is 18.1. The summed E-state index contributed by atoms with van der Waals surface area (Å²) in [5, 5.41) is 0.758. The predicted molar refractivity (Wildman–Crippen MR) is 136 cm³/mol. The predicted octanol–water partition coefficient (Wildman–Crippen LogP) is 7.79. The highest BCUT2D eigenvalue weighted by Gasteiger charge is 2.66. The first kappa shape index (κ1) is 27.5. The number of rotatable bonds is 12. The van der Waals surface area contributed by atoms with Gasteiger partial charge in [0, 0.05) is 30.8 Å². The molecule has 1 unspecified atom stereocenters. The second-order valence-corrected chi connectivity index (χ2v) is 21.2. The van der Waals surface area contributed by atoms with Crippen LogP contribution in [0.1, 0.15) is 98.3 Å². The molecule has 0 radical (unpaired) electrons. The molecular weight excluding hydrogens is 445 g/mol. The van der Waals surface area contributed by atoms with Crippen LogP contribution in [0.4, 0.5) is 0 Å². The highest BCUT2D eigenvalue weighted by atomic mass is 33.8. The average molecular weight is 488 g/mol. The van der Waals surface area contributed by atoms with E-state index in [1.165, 1.54) is 70.6 Å². The van der Waals surface area contributed by atoms with Crippen LogP contribution < -0.4 is 0 Å². The Morgan fingerprint density at radius 3 is 1.54 bits per heavy atom. The average Bonchev–Trinajstić information content (AvgIpc) is 2.67. The molecule has 0 aromatic rings. The third-order valence-corrected chi connectivity index (χ3v) is 24.2. The van der Waals surface area contributed by atoms with Gasteiger partial charge in [-0.15, -0.1) is 0 Å². The van der Waals surface area contributed by atoms with E-state index >= 15 is 0 Å². The molecule has 1 aliphatic carbocycles. The number of hydrogen-bond donors (Lipinski definition) is 0. The van der Waals surface area contributed by atoms with Gasteiger partial charge in [0.1, 0.15) is 0 Å². The summed E-state index contributed by atoms with van der Waals surface area (Å²) in [4.78, 5) is 0. The molecule has 0 saturated heterocycles. The number of hydrogen-bond acceptors (Lipinski definition) is 6. The minimum Gasteiger partial charge on any atom is -0.331 e. The lowest BCUT2D eigenvalue weighted by Crippen LogP contribution is -2.51. The van der Waals surface area contributed by atoms with Gasteiger partial charge in [-0.2, -0.15) is 0 Å². The fourth-order valence-corrected chi connectivity index (χ4v) is 24.4. The monoisotopic (exact) mass is 487 g/mol. The van der Waals surface area contributed by atoms with Gasteiger partial charge in [0.05, 0.1) is 10.8 Å². The normalized spacial score (nSPS) is 19.7. The minimum atomic E-state index is -2.65. The molecule has 0 amide bonds. The molecule has 1 rings (SSSR count). The minimum absolute atomic E-state index is 0.0777. The fourth-order valence-electron chi connectivity index (χ4n) is 3.35. The van der Waals surface area contributed by atoms with Crippen LogP contribution in [0.2, 0.25) is 0 Å². The van der Waals surface area contributed by atoms with Crippen molar-refractivity contribution in [2.45, 2.75) is 104 Å². The van der Waals surface area contributed by atoms with Crippen molar-refractivity contribution in [3.05, 3.63) is 0 Å². The zero-order valence-corrected chi connectivity index (χ0v) is 22.8. The van der Waals surface area contributed by atoms with Crippen LogP contribution in [0.25, 0.3) is 0 Å². The van der Waals surface area contributed by atoms with E-state index in [2.05, 4.69) is 38.5 Å². The molecule has 1 aliphatic rings. The van der Waals surface area contributed by atoms with Crippen molar-refractivity contribution >= 4 is 47.8 Å². The Bertz CT molecular complexity index is 337. The van der Waals surface area contributed by atoms with Gasteiger partial charge in [-0.3, -0.25) is 0 Å². The molecule has 0 N–H and O–H groups in total. The largest absolute Gasteiger partial charge is 0.808 e. The van der Waals surface area contributed by atoms with Gasteiger partial charge in [0.15, 0.2) is 18.2 Å². The van der Waals surface area contributed by atoms with Crippen molar-refractivity contribution < 1.29 is 13.3 Å². The van der Waals surface area contributed by atoms with Crippen LogP contribution in [0.15, 0.2) is 0 Å². The molecule has 28 heavy (non-hydrogen) atoms. The van der Waals surface area contributed by atoms with Gasteiger partial charge in [0.2, 0.25) is 0 Å². The van der Waals surface area contributed by atoms with Crippen molar-refractivity contribution in [3.8, 4) is 0 Å². The van der Waals surface area contributed by atoms with Gasteiger partial charge in [-0.25, -0.2) is 0 Å². The smallest absolute Gasteiger partial charge is 0.331 e. The Labute approximate surface area is 189 Å². The lowest BCUT2D eigenvalue weighted by molar-refractivity contribution is 0.0966. The molecule has 8 heteroatoms. The highest BCUT2D eigenvalue weighted by Crippen LogP contribution is 2.48. The molecule has 3 nitrogen and oxygen atoms in total. The maximum Gasteiger partial charge on any atom is 0.808 e. The quantitative estimate of drug-likeness (QED) is 0.158. The van der Waals surface area contributed by atoms with E-state index < -0.39 is 7.95 Å². The third kappa shape index (κ3) is 11.2.